The van der Waals surface area contributed by atoms with Gasteiger partial charge in [0.2, 0.25) is 0 Å². The lowest BCUT2D eigenvalue weighted by Gasteiger charge is -2.33. The van der Waals surface area contributed by atoms with Gasteiger partial charge in [0, 0.05) is 11.1 Å². The van der Waals surface area contributed by atoms with Crippen LogP contribution in [0.4, 0.5) is 5.00 Å². The fraction of sp³-hybridized carbons (Fsp3) is 0.357. The average Bonchev–Trinajstić information content (AvgIpc) is 3.13. The van der Waals surface area contributed by atoms with Crippen molar-refractivity contribution in [1.82, 2.24) is 0 Å². The first kappa shape index (κ1) is 22.3. The van der Waals surface area contributed by atoms with Crippen molar-refractivity contribution >= 4 is 22.6 Å². The number of benzene rings is 2. The van der Waals surface area contributed by atoms with E-state index in [4.69, 9.17) is 9.73 Å². The van der Waals surface area contributed by atoms with Crippen LogP contribution in [-0.2, 0) is 19.4 Å². The molecule has 1 atom stereocenters. The molecule has 0 saturated heterocycles. The fourth-order valence-corrected chi connectivity index (χ4v) is 5.49. The van der Waals surface area contributed by atoms with Crippen LogP contribution >= 0.6 is 11.3 Å². The molecule has 32 heavy (non-hydrogen) atoms. The lowest BCUT2D eigenvalue weighted by molar-refractivity contribution is 0.218. The highest BCUT2D eigenvalue weighted by molar-refractivity contribution is 7.16. The molecule has 0 unspecified atom stereocenters. The molecule has 4 heteroatoms. The molecule has 0 fully saturated rings. The van der Waals surface area contributed by atoms with Gasteiger partial charge in [-0.25, -0.2) is 4.99 Å². The molecule has 0 aliphatic heterocycles. The van der Waals surface area contributed by atoms with Crippen LogP contribution in [0, 0.1) is 29.6 Å². The summed E-state index contributed by atoms with van der Waals surface area (Å²) in [7, 11) is 0. The zero-order valence-electron chi connectivity index (χ0n) is 19.3. The highest BCUT2D eigenvalue weighted by Crippen LogP contribution is 2.44. The monoisotopic (exact) mass is 442 g/mol. The Morgan fingerprint density at radius 3 is 2.66 bits per heavy atom. The molecular weight excluding hydrogens is 412 g/mol. The first-order chi connectivity index (χ1) is 15.3. The number of nitrogens with zero attached hydrogens (tertiary/aromatic N) is 2. The third kappa shape index (κ3) is 5.11. The minimum atomic E-state index is 0.293. The normalized spacial score (nSPS) is 16.0. The molecule has 1 aromatic heterocycles. The topological polar surface area (TPSA) is 45.4 Å². The molecule has 1 aliphatic rings. The minimum absolute atomic E-state index is 0.293. The third-order valence-electron chi connectivity index (χ3n) is 6.28. The van der Waals surface area contributed by atoms with Crippen LogP contribution in [0.3, 0.4) is 0 Å². The number of rotatable bonds is 5. The number of hydrogen-bond acceptors (Lipinski definition) is 4. The van der Waals surface area contributed by atoms with E-state index in [1.807, 2.05) is 30.5 Å². The highest BCUT2D eigenvalue weighted by atomic mass is 32.1. The van der Waals surface area contributed by atoms with Gasteiger partial charge in [-0.2, -0.15) is 5.26 Å². The summed E-state index contributed by atoms with van der Waals surface area (Å²) >= 11 is 1.69. The van der Waals surface area contributed by atoms with E-state index in [0.717, 1.165) is 46.7 Å². The SMILES string of the molecule is Cc1cccc(COc2ccc(C=Nc3sc4c(c3C#N)CC[C@@H](C(C)(C)C)C4)cc2)c1. The van der Waals surface area contributed by atoms with Crippen LogP contribution < -0.4 is 4.74 Å². The van der Waals surface area contributed by atoms with Gasteiger partial charge >= 0.3 is 0 Å². The van der Waals surface area contributed by atoms with Gasteiger partial charge in [0.15, 0.2) is 0 Å². The van der Waals surface area contributed by atoms with Gasteiger partial charge in [-0.05, 0) is 78.5 Å². The van der Waals surface area contributed by atoms with Crippen LogP contribution in [0.5, 0.6) is 5.75 Å². The summed E-state index contributed by atoms with van der Waals surface area (Å²) in [5, 5.41) is 10.6. The minimum Gasteiger partial charge on any atom is -0.489 e. The van der Waals surface area contributed by atoms with E-state index < -0.39 is 0 Å². The lowest BCUT2D eigenvalue weighted by Crippen LogP contribution is -2.26. The second kappa shape index (κ2) is 9.30. The molecule has 3 nitrogen and oxygen atoms in total. The molecule has 1 heterocycles. The number of nitriles is 1. The Labute approximate surface area is 195 Å². The molecule has 2 aromatic carbocycles. The maximum atomic E-state index is 9.76. The van der Waals surface area contributed by atoms with Crippen molar-refractivity contribution in [3.8, 4) is 11.8 Å². The van der Waals surface area contributed by atoms with Gasteiger partial charge in [-0.1, -0.05) is 50.6 Å². The van der Waals surface area contributed by atoms with E-state index >= 15 is 0 Å². The summed E-state index contributed by atoms with van der Waals surface area (Å²) in [6, 6.07) is 18.7. The van der Waals surface area contributed by atoms with Crippen molar-refractivity contribution in [1.29, 1.82) is 5.26 Å². The number of hydrogen-bond donors (Lipinski definition) is 0. The van der Waals surface area contributed by atoms with Gasteiger partial charge in [-0.15, -0.1) is 11.3 Å². The maximum absolute atomic E-state index is 9.76. The molecule has 1 aliphatic carbocycles. The zero-order chi connectivity index (χ0) is 22.7. The summed E-state index contributed by atoms with van der Waals surface area (Å²) in [6.07, 6.45) is 5.04. The van der Waals surface area contributed by atoms with E-state index in [-0.39, 0.29) is 0 Å². The largest absolute Gasteiger partial charge is 0.489 e. The van der Waals surface area contributed by atoms with E-state index in [2.05, 4.69) is 58.0 Å². The number of fused-ring (bicyclic) bond motifs is 1. The summed E-state index contributed by atoms with van der Waals surface area (Å²) in [5.74, 6) is 1.49. The Morgan fingerprint density at radius 1 is 1.19 bits per heavy atom. The van der Waals surface area contributed by atoms with Crippen molar-refractivity contribution in [3.05, 3.63) is 81.2 Å². The molecule has 0 amide bonds. The van der Waals surface area contributed by atoms with Crippen LogP contribution in [0.2, 0.25) is 0 Å². The Balaban J connectivity index is 1.44. The van der Waals surface area contributed by atoms with E-state index in [1.165, 1.54) is 16.0 Å². The van der Waals surface area contributed by atoms with Crippen LogP contribution in [0.15, 0.2) is 53.5 Å². The van der Waals surface area contributed by atoms with Crippen molar-refractivity contribution in [2.45, 2.75) is 53.6 Å². The van der Waals surface area contributed by atoms with Gasteiger partial charge < -0.3 is 4.74 Å². The number of ether oxygens (including phenoxy) is 1. The highest BCUT2D eigenvalue weighted by Gasteiger charge is 2.32. The Hall–Kier alpha value is -2.90. The van der Waals surface area contributed by atoms with Crippen molar-refractivity contribution in [2.75, 3.05) is 0 Å². The fourth-order valence-electron chi connectivity index (χ4n) is 4.27. The number of aliphatic imine (C=N–C) groups is 1. The van der Waals surface area contributed by atoms with Crippen molar-refractivity contribution in [2.24, 2.45) is 16.3 Å². The molecule has 3 aromatic rings. The van der Waals surface area contributed by atoms with E-state index in [1.54, 1.807) is 11.3 Å². The molecule has 4 rings (SSSR count). The molecule has 0 spiro atoms. The van der Waals surface area contributed by atoms with Gasteiger partial charge in [0.05, 0.1) is 5.56 Å². The average molecular weight is 443 g/mol. The van der Waals surface area contributed by atoms with Gasteiger partial charge in [-0.3, -0.25) is 0 Å². The first-order valence-electron chi connectivity index (χ1n) is 11.2. The maximum Gasteiger partial charge on any atom is 0.134 e. The van der Waals surface area contributed by atoms with Gasteiger partial charge in [0.1, 0.15) is 23.4 Å². The Kier molecular flexibility index (Phi) is 6.48. The predicted octanol–water partition coefficient (Wildman–Crippen LogP) is 7.41. The number of thiophene rings is 1. The molecule has 0 saturated carbocycles. The first-order valence-corrected chi connectivity index (χ1v) is 12.0. The van der Waals surface area contributed by atoms with E-state index in [0.29, 0.717) is 17.9 Å². The molecule has 0 bridgehead atoms. The summed E-state index contributed by atoms with van der Waals surface area (Å²) in [6.45, 7) is 9.58. The predicted molar refractivity (Wildman–Crippen MR) is 133 cm³/mol. The zero-order valence-corrected chi connectivity index (χ0v) is 20.1. The second-order valence-corrected chi connectivity index (χ2v) is 10.8. The third-order valence-corrected chi connectivity index (χ3v) is 7.44. The van der Waals surface area contributed by atoms with Gasteiger partial charge in [0.25, 0.3) is 0 Å². The lowest BCUT2D eigenvalue weighted by atomic mass is 9.72. The van der Waals surface area contributed by atoms with Crippen LogP contribution in [0.25, 0.3) is 0 Å². The van der Waals surface area contributed by atoms with Crippen molar-refractivity contribution in [3.63, 3.8) is 0 Å². The Bertz CT molecular complexity index is 1160. The standard InChI is InChI=1S/C28H30N2OS/c1-19-6-5-7-21(14-19)18-31-23-11-8-20(9-12-23)17-30-27-25(16-29)24-13-10-22(28(2,3)4)15-26(24)32-27/h5-9,11-12,14,17,22H,10,13,15,18H2,1-4H3/t22-/m1/s1. The molecule has 164 valence electrons. The quantitative estimate of drug-likeness (QED) is 0.386. The summed E-state index contributed by atoms with van der Waals surface area (Å²) in [5.41, 5.74) is 5.68. The molecule has 0 N–H and O–H groups in total. The van der Waals surface area contributed by atoms with Crippen LogP contribution in [0.1, 0.15) is 59.9 Å². The second-order valence-electron chi connectivity index (χ2n) is 9.71. The summed E-state index contributed by atoms with van der Waals surface area (Å²) in [4.78, 5) is 6.05. The van der Waals surface area contributed by atoms with E-state index in [9.17, 15) is 5.26 Å². The smallest absolute Gasteiger partial charge is 0.134 e. The summed E-state index contributed by atoms with van der Waals surface area (Å²) < 4.78 is 5.91. The molecular formula is C28H30N2OS. The number of aryl methyl sites for hydroxylation is 1. The van der Waals surface area contributed by atoms with Crippen LogP contribution in [-0.4, -0.2) is 6.21 Å². The Morgan fingerprint density at radius 2 is 1.97 bits per heavy atom. The molecule has 0 radical (unpaired) electrons. The van der Waals surface area contributed by atoms with Crippen molar-refractivity contribution < 1.29 is 4.74 Å².